The monoisotopic (exact) mass is 336 g/mol. The number of amides is 1. The minimum absolute atomic E-state index is 0.0664. The van der Waals surface area contributed by atoms with Crippen LogP contribution in [0.3, 0.4) is 0 Å². The molecule has 126 valence electrons. The Morgan fingerprint density at radius 2 is 1.88 bits per heavy atom. The molecule has 0 radical (unpaired) electrons. The van der Waals surface area contributed by atoms with E-state index in [1.54, 1.807) is 29.2 Å². The van der Waals surface area contributed by atoms with Crippen LogP contribution >= 0.6 is 0 Å². The molecule has 1 unspecified atom stereocenters. The van der Waals surface area contributed by atoms with E-state index in [9.17, 15) is 14.0 Å². The number of benzene rings is 2. The Balaban J connectivity index is 1.74. The lowest BCUT2D eigenvalue weighted by molar-refractivity contribution is 0.0637. The fourth-order valence-corrected chi connectivity index (χ4v) is 3.13. The van der Waals surface area contributed by atoms with Gasteiger partial charge in [-0.05, 0) is 55.3 Å². The van der Waals surface area contributed by atoms with Gasteiger partial charge < -0.3 is 4.90 Å². The molecule has 3 rings (SSSR count). The maximum Gasteiger partial charge on any atom is 0.253 e. The molecule has 0 bridgehead atoms. The van der Waals surface area contributed by atoms with Crippen LogP contribution in [-0.4, -0.2) is 29.7 Å². The van der Waals surface area contributed by atoms with Crippen molar-refractivity contribution in [2.75, 3.05) is 13.1 Å². The number of likely N-dealkylation sites (tertiary alicyclic amines) is 1. The standard InChI is InChI=1S/C20H17FN2O2/c21-18-8-6-15(7-9-18)19(24)17-5-2-10-23(13-17)20(25)16-4-1-3-14(11-16)12-22/h1,3-4,6-9,11,17H,2,5,10,13H2. The minimum Gasteiger partial charge on any atom is -0.338 e. The van der Waals surface area contributed by atoms with Crippen molar-refractivity contribution in [3.8, 4) is 6.07 Å². The average Bonchev–Trinajstić information content (AvgIpc) is 2.67. The summed E-state index contributed by atoms with van der Waals surface area (Å²) in [6.45, 7) is 0.925. The smallest absolute Gasteiger partial charge is 0.253 e. The molecule has 0 N–H and O–H groups in total. The summed E-state index contributed by atoms with van der Waals surface area (Å²) in [6.07, 6.45) is 1.44. The molecule has 1 amide bonds. The first-order valence-electron chi connectivity index (χ1n) is 8.17. The SMILES string of the molecule is N#Cc1cccc(C(=O)N2CCCC(C(=O)c3ccc(F)cc3)C2)c1. The number of hydrogen-bond acceptors (Lipinski definition) is 3. The lowest BCUT2D eigenvalue weighted by atomic mass is 9.89. The van der Waals surface area contributed by atoms with Gasteiger partial charge in [0.05, 0.1) is 11.6 Å². The van der Waals surface area contributed by atoms with E-state index < -0.39 is 0 Å². The zero-order valence-electron chi connectivity index (χ0n) is 13.6. The van der Waals surface area contributed by atoms with Crippen LogP contribution in [-0.2, 0) is 0 Å². The van der Waals surface area contributed by atoms with E-state index in [1.165, 1.54) is 24.3 Å². The molecule has 1 atom stereocenters. The second kappa shape index (κ2) is 7.27. The van der Waals surface area contributed by atoms with Gasteiger partial charge >= 0.3 is 0 Å². The van der Waals surface area contributed by atoms with Crippen LogP contribution in [0.4, 0.5) is 4.39 Å². The second-order valence-electron chi connectivity index (χ2n) is 6.15. The topological polar surface area (TPSA) is 61.2 Å². The molecule has 1 fully saturated rings. The maximum absolute atomic E-state index is 13.0. The number of rotatable bonds is 3. The van der Waals surface area contributed by atoms with Crippen molar-refractivity contribution in [2.45, 2.75) is 12.8 Å². The second-order valence-corrected chi connectivity index (χ2v) is 6.15. The van der Waals surface area contributed by atoms with Gasteiger partial charge in [-0.3, -0.25) is 9.59 Å². The molecule has 1 saturated heterocycles. The van der Waals surface area contributed by atoms with Crippen molar-refractivity contribution in [3.63, 3.8) is 0 Å². The molecule has 2 aromatic carbocycles. The van der Waals surface area contributed by atoms with Gasteiger partial charge in [-0.2, -0.15) is 5.26 Å². The summed E-state index contributed by atoms with van der Waals surface area (Å²) in [5.74, 6) is -0.909. The normalized spacial score (nSPS) is 17.0. The Morgan fingerprint density at radius 3 is 2.60 bits per heavy atom. The largest absolute Gasteiger partial charge is 0.338 e. The number of Topliss-reactive ketones (excluding diaryl/α,β-unsaturated/α-hetero) is 1. The first kappa shape index (κ1) is 16.8. The highest BCUT2D eigenvalue weighted by Crippen LogP contribution is 2.23. The van der Waals surface area contributed by atoms with Crippen molar-refractivity contribution >= 4 is 11.7 Å². The number of carbonyl (C=O) groups is 2. The number of ketones is 1. The van der Waals surface area contributed by atoms with Crippen LogP contribution in [0.5, 0.6) is 0 Å². The van der Waals surface area contributed by atoms with Gasteiger partial charge in [0.1, 0.15) is 5.82 Å². The highest BCUT2D eigenvalue weighted by molar-refractivity contribution is 5.99. The Hall–Kier alpha value is -3.00. The molecule has 1 aliphatic rings. The van der Waals surface area contributed by atoms with Crippen molar-refractivity contribution in [1.29, 1.82) is 5.26 Å². The van der Waals surface area contributed by atoms with E-state index in [-0.39, 0.29) is 23.4 Å². The van der Waals surface area contributed by atoms with Crippen LogP contribution in [0, 0.1) is 23.1 Å². The molecule has 0 spiro atoms. The highest BCUT2D eigenvalue weighted by Gasteiger charge is 2.29. The number of hydrogen-bond donors (Lipinski definition) is 0. The third-order valence-electron chi connectivity index (χ3n) is 4.45. The van der Waals surface area contributed by atoms with Crippen LogP contribution in [0.2, 0.25) is 0 Å². The van der Waals surface area contributed by atoms with Crippen molar-refractivity contribution in [1.82, 2.24) is 4.90 Å². The maximum atomic E-state index is 13.0. The van der Waals surface area contributed by atoms with Gasteiger partial charge in [-0.15, -0.1) is 0 Å². The quantitative estimate of drug-likeness (QED) is 0.807. The molecule has 1 aliphatic heterocycles. The van der Waals surface area contributed by atoms with Gasteiger partial charge in [-0.25, -0.2) is 4.39 Å². The average molecular weight is 336 g/mol. The third kappa shape index (κ3) is 3.74. The first-order chi connectivity index (χ1) is 12.1. The minimum atomic E-state index is -0.380. The van der Waals surface area contributed by atoms with E-state index in [4.69, 9.17) is 5.26 Å². The number of halogens is 1. The van der Waals surface area contributed by atoms with E-state index in [2.05, 4.69) is 0 Å². The predicted molar refractivity (Wildman–Crippen MR) is 90.5 cm³/mol. The Labute approximate surface area is 145 Å². The predicted octanol–water partition coefficient (Wildman–Crippen LogP) is 3.43. The summed E-state index contributed by atoms with van der Waals surface area (Å²) in [6, 6.07) is 14.1. The van der Waals surface area contributed by atoms with Crippen LogP contribution in [0.25, 0.3) is 0 Å². The Kier molecular flexibility index (Phi) is 4.90. The number of piperidine rings is 1. The molecule has 25 heavy (non-hydrogen) atoms. The summed E-state index contributed by atoms with van der Waals surface area (Å²) in [5.41, 5.74) is 1.35. The molecule has 5 heteroatoms. The lowest BCUT2D eigenvalue weighted by Gasteiger charge is -2.32. The number of carbonyl (C=O) groups excluding carboxylic acids is 2. The van der Waals surface area contributed by atoms with Gasteiger partial charge in [0.2, 0.25) is 0 Å². The molecule has 2 aromatic rings. The molecule has 0 saturated carbocycles. The van der Waals surface area contributed by atoms with Crippen molar-refractivity contribution in [3.05, 3.63) is 71.0 Å². The fraction of sp³-hybridized carbons (Fsp3) is 0.250. The summed E-state index contributed by atoms with van der Waals surface area (Å²) in [7, 11) is 0. The molecule has 4 nitrogen and oxygen atoms in total. The van der Waals surface area contributed by atoms with E-state index in [0.29, 0.717) is 36.2 Å². The van der Waals surface area contributed by atoms with Crippen LogP contribution < -0.4 is 0 Å². The van der Waals surface area contributed by atoms with E-state index >= 15 is 0 Å². The lowest BCUT2D eigenvalue weighted by Crippen LogP contribution is -2.42. The molecular formula is C20H17FN2O2. The van der Waals surface area contributed by atoms with Crippen LogP contribution in [0.1, 0.15) is 39.1 Å². The molecular weight excluding hydrogens is 319 g/mol. The third-order valence-corrected chi connectivity index (χ3v) is 4.45. The number of nitrogens with zero attached hydrogens (tertiary/aromatic N) is 2. The van der Waals surface area contributed by atoms with Gasteiger partial charge in [0.15, 0.2) is 5.78 Å². The summed E-state index contributed by atoms with van der Waals surface area (Å²) < 4.78 is 13.0. The Morgan fingerprint density at radius 1 is 1.12 bits per heavy atom. The first-order valence-corrected chi connectivity index (χ1v) is 8.17. The van der Waals surface area contributed by atoms with Gasteiger partial charge in [0, 0.05) is 30.1 Å². The van der Waals surface area contributed by atoms with Crippen molar-refractivity contribution in [2.24, 2.45) is 5.92 Å². The zero-order chi connectivity index (χ0) is 17.8. The Bertz CT molecular complexity index is 840. The fourth-order valence-electron chi connectivity index (χ4n) is 3.13. The summed E-state index contributed by atoms with van der Waals surface area (Å²) in [4.78, 5) is 26.9. The summed E-state index contributed by atoms with van der Waals surface area (Å²) >= 11 is 0. The highest BCUT2D eigenvalue weighted by atomic mass is 19.1. The van der Waals surface area contributed by atoms with E-state index in [1.807, 2.05) is 6.07 Å². The molecule has 1 heterocycles. The van der Waals surface area contributed by atoms with E-state index in [0.717, 1.165) is 6.42 Å². The number of nitriles is 1. The molecule has 0 aromatic heterocycles. The summed E-state index contributed by atoms with van der Waals surface area (Å²) in [5, 5.41) is 8.97. The molecule has 0 aliphatic carbocycles. The zero-order valence-corrected chi connectivity index (χ0v) is 13.6. The van der Waals surface area contributed by atoms with Gasteiger partial charge in [-0.1, -0.05) is 6.07 Å². The van der Waals surface area contributed by atoms with Crippen LogP contribution in [0.15, 0.2) is 48.5 Å². The van der Waals surface area contributed by atoms with Gasteiger partial charge in [0.25, 0.3) is 5.91 Å². The van der Waals surface area contributed by atoms with Crippen molar-refractivity contribution < 1.29 is 14.0 Å².